The molecule has 0 bridgehead atoms. The van der Waals surface area contributed by atoms with E-state index in [2.05, 4.69) is 20.3 Å². The molecular weight excluding hydrogens is 372 g/mol. The molecule has 0 aliphatic heterocycles. The zero-order valence-corrected chi connectivity index (χ0v) is 15.8. The smallest absolute Gasteiger partial charge is 0.287 e. The summed E-state index contributed by atoms with van der Waals surface area (Å²) in [7, 11) is 0. The summed E-state index contributed by atoms with van der Waals surface area (Å²) in [6, 6.07) is 10.0. The van der Waals surface area contributed by atoms with Gasteiger partial charge in [-0.2, -0.15) is 0 Å². The molecule has 148 valence electrons. The number of aromatic nitrogens is 4. The number of rotatable bonds is 8. The molecule has 0 radical (unpaired) electrons. The highest BCUT2D eigenvalue weighted by molar-refractivity contribution is 6.38. The Morgan fingerprint density at radius 2 is 1.90 bits per heavy atom. The predicted molar refractivity (Wildman–Crippen MR) is 104 cm³/mol. The van der Waals surface area contributed by atoms with Gasteiger partial charge in [0.2, 0.25) is 5.78 Å². The van der Waals surface area contributed by atoms with Crippen LogP contribution < -0.4 is 11.1 Å². The fraction of sp³-hybridized carbons (Fsp3) is 0.200. The lowest BCUT2D eigenvalue weighted by Crippen LogP contribution is -2.46. The van der Waals surface area contributed by atoms with Crippen LogP contribution in [0, 0.1) is 6.92 Å². The van der Waals surface area contributed by atoms with Crippen molar-refractivity contribution in [1.29, 1.82) is 0 Å². The van der Waals surface area contributed by atoms with Crippen molar-refractivity contribution in [3.63, 3.8) is 0 Å². The van der Waals surface area contributed by atoms with Gasteiger partial charge in [-0.1, -0.05) is 30.3 Å². The van der Waals surface area contributed by atoms with Gasteiger partial charge < -0.3 is 11.1 Å². The minimum atomic E-state index is -1.09. The van der Waals surface area contributed by atoms with Crippen molar-refractivity contribution in [3.8, 4) is 5.82 Å². The lowest BCUT2D eigenvalue weighted by atomic mass is 10.0. The summed E-state index contributed by atoms with van der Waals surface area (Å²) in [5.74, 6) is -1.50. The van der Waals surface area contributed by atoms with Crippen LogP contribution >= 0.6 is 0 Å². The molecule has 0 spiro atoms. The second-order valence-corrected chi connectivity index (χ2v) is 6.37. The standard InChI is InChI=1S/C20H20N6O3/c1-13-23-11-16(26(13)17-9-10-22-12-24-17)20(29)25-15(18(27)19(21)28)8-7-14-5-3-2-4-6-14/h2-6,9-12,15H,7-8H2,1H3,(H2,21,28)(H,25,29). The Morgan fingerprint density at radius 1 is 1.14 bits per heavy atom. The maximum Gasteiger partial charge on any atom is 0.287 e. The molecule has 1 aromatic carbocycles. The van der Waals surface area contributed by atoms with Crippen LogP contribution in [0.15, 0.2) is 55.1 Å². The van der Waals surface area contributed by atoms with E-state index in [0.717, 1.165) is 5.56 Å². The van der Waals surface area contributed by atoms with Crippen molar-refractivity contribution < 1.29 is 14.4 Å². The van der Waals surface area contributed by atoms with E-state index >= 15 is 0 Å². The molecule has 0 aliphatic rings. The molecule has 3 rings (SSSR count). The second kappa shape index (κ2) is 8.87. The molecule has 1 atom stereocenters. The summed E-state index contributed by atoms with van der Waals surface area (Å²) in [5, 5.41) is 2.61. The first-order valence-electron chi connectivity index (χ1n) is 8.96. The van der Waals surface area contributed by atoms with Crippen molar-refractivity contribution >= 4 is 17.6 Å². The number of aryl methyl sites for hydroxylation is 2. The largest absolute Gasteiger partial charge is 0.363 e. The number of primary amides is 1. The van der Waals surface area contributed by atoms with Crippen molar-refractivity contribution in [1.82, 2.24) is 24.8 Å². The number of ketones is 1. The van der Waals surface area contributed by atoms with E-state index in [-0.39, 0.29) is 12.1 Å². The highest BCUT2D eigenvalue weighted by atomic mass is 16.2. The summed E-state index contributed by atoms with van der Waals surface area (Å²) in [6.07, 6.45) is 5.02. The van der Waals surface area contributed by atoms with Crippen LogP contribution in [0.25, 0.3) is 5.82 Å². The number of carbonyl (C=O) groups excluding carboxylic acids is 3. The Labute approximate surface area is 167 Å². The lowest BCUT2D eigenvalue weighted by Gasteiger charge is -2.17. The number of hydrogen-bond donors (Lipinski definition) is 2. The van der Waals surface area contributed by atoms with Gasteiger partial charge in [-0.25, -0.2) is 15.0 Å². The number of Topliss-reactive ketones (excluding diaryl/α,β-unsaturated/α-hetero) is 1. The molecule has 3 N–H and O–H groups in total. The van der Waals surface area contributed by atoms with Gasteiger partial charge in [0.25, 0.3) is 11.8 Å². The number of imidazole rings is 1. The molecule has 9 heteroatoms. The van der Waals surface area contributed by atoms with Crippen LogP contribution in [0.4, 0.5) is 0 Å². The quantitative estimate of drug-likeness (QED) is 0.544. The Hall–Kier alpha value is -3.88. The average molecular weight is 392 g/mol. The Morgan fingerprint density at radius 3 is 2.55 bits per heavy atom. The number of benzene rings is 1. The third-order valence-corrected chi connectivity index (χ3v) is 4.40. The molecule has 9 nitrogen and oxygen atoms in total. The molecule has 1 unspecified atom stereocenters. The van der Waals surface area contributed by atoms with Crippen molar-refractivity contribution in [2.45, 2.75) is 25.8 Å². The molecule has 2 amide bonds. The summed E-state index contributed by atoms with van der Waals surface area (Å²) < 4.78 is 1.54. The SMILES string of the molecule is Cc1ncc(C(=O)NC(CCc2ccccc2)C(=O)C(N)=O)n1-c1ccncn1. The van der Waals surface area contributed by atoms with Gasteiger partial charge in [-0.15, -0.1) is 0 Å². The molecule has 29 heavy (non-hydrogen) atoms. The first-order valence-corrected chi connectivity index (χ1v) is 8.96. The normalized spacial score (nSPS) is 11.6. The molecule has 2 aromatic heterocycles. The third kappa shape index (κ3) is 4.70. The zero-order valence-electron chi connectivity index (χ0n) is 15.8. The van der Waals surface area contributed by atoms with E-state index in [1.807, 2.05) is 30.3 Å². The van der Waals surface area contributed by atoms with Crippen molar-refractivity contribution in [2.75, 3.05) is 0 Å². The first kappa shape index (κ1) is 19.9. The third-order valence-electron chi connectivity index (χ3n) is 4.40. The lowest BCUT2D eigenvalue weighted by molar-refractivity contribution is -0.137. The van der Waals surface area contributed by atoms with Gasteiger partial charge in [0.05, 0.1) is 12.2 Å². The fourth-order valence-electron chi connectivity index (χ4n) is 2.94. The maximum absolute atomic E-state index is 12.9. The van der Waals surface area contributed by atoms with E-state index in [1.165, 1.54) is 12.5 Å². The summed E-state index contributed by atoms with van der Waals surface area (Å²) >= 11 is 0. The molecule has 0 fully saturated rings. The Balaban J connectivity index is 1.82. The van der Waals surface area contributed by atoms with E-state index in [4.69, 9.17) is 5.73 Å². The number of amides is 2. The molecule has 0 aliphatic carbocycles. The van der Waals surface area contributed by atoms with Gasteiger partial charge in [-0.3, -0.25) is 19.0 Å². The predicted octanol–water partition coefficient (Wildman–Crippen LogP) is 0.756. The van der Waals surface area contributed by atoms with Gasteiger partial charge >= 0.3 is 0 Å². The number of nitrogens with zero attached hydrogens (tertiary/aromatic N) is 4. The van der Waals surface area contributed by atoms with Crippen molar-refractivity contribution in [2.24, 2.45) is 5.73 Å². The fourth-order valence-corrected chi connectivity index (χ4v) is 2.94. The van der Waals surface area contributed by atoms with E-state index in [0.29, 0.717) is 18.1 Å². The highest BCUT2D eigenvalue weighted by Crippen LogP contribution is 2.13. The summed E-state index contributed by atoms with van der Waals surface area (Å²) in [6.45, 7) is 1.72. The van der Waals surface area contributed by atoms with E-state index in [1.54, 1.807) is 23.8 Å². The van der Waals surface area contributed by atoms with Crippen LogP contribution in [0.5, 0.6) is 0 Å². The Bertz CT molecular complexity index is 1020. The van der Waals surface area contributed by atoms with E-state index in [9.17, 15) is 14.4 Å². The number of nitrogens with one attached hydrogen (secondary N) is 1. The number of nitrogens with two attached hydrogens (primary N) is 1. The van der Waals surface area contributed by atoms with Gasteiger partial charge in [0.15, 0.2) is 0 Å². The monoisotopic (exact) mass is 392 g/mol. The average Bonchev–Trinajstić information content (AvgIpc) is 3.13. The van der Waals surface area contributed by atoms with Crippen LogP contribution in [-0.4, -0.2) is 43.2 Å². The maximum atomic E-state index is 12.9. The van der Waals surface area contributed by atoms with Crippen LogP contribution in [0.3, 0.4) is 0 Å². The summed E-state index contributed by atoms with van der Waals surface area (Å²) in [4.78, 5) is 48.7. The Kier molecular flexibility index (Phi) is 6.08. The van der Waals surface area contributed by atoms with Crippen LogP contribution in [0.1, 0.15) is 28.3 Å². The zero-order chi connectivity index (χ0) is 20.8. The molecular formula is C20H20N6O3. The van der Waals surface area contributed by atoms with Crippen LogP contribution in [0.2, 0.25) is 0 Å². The van der Waals surface area contributed by atoms with Gasteiger partial charge in [0, 0.05) is 6.20 Å². The molecule has 0 saturated carbocycles. The van der Waals surface area contributed by atoms with E-state index < -0.39 is 23.6 Å². The number of carbonyl (C=O) groups is 3. The number of hydrogen-bond acceptors (Lipinski definition) is 6. The van der Waals surface area contributed by atoms with Crippen LogP contribution in [-0.2, 0) is 16.0 Å². The topological polar surface area (TPSA) is 133 Å². The molecule has 3 aromatic rings. The second-order valence-electron chi connectivity index (χ2n) is 6.37. The van der Waals surface area contributed by atoms with Crippen molar-refractivity contribution in [3.05, 3.63) is 72.2 Å². The van der Waals surface area contributed by atoms with Gasteiger partial charge in [0.1, 0.15) is 23.7 Å². The van der Waals surface area contributed by atoms with Gasteiger partial charge in [-0.05, 0) is 31.4 Å². The summed E-state index contributed by atoms with van der Waals surface area (Å²) in [5.41, 5.74) is 6.33. The minimum Gasteiger partial charge on any atom is -0.363 e. The highest BCUT2D eigenvalue weighted by Gasteiger charge is 2.27. The molecule has 0 saturated heterocycles. The first-order chi connectivity index (χ1) is 14.0. The minimum absolute atomic E-state index is 0.184. The molecule has 2 heterocycles.